The molecule has 3 aromatic carbocycles. The van der Waals surface area contributed by atoms with Gasteiger partial charge in [-0.1, -0.05) is 49.2 Å². The Balaban J connectivity index is 0.863. The van der Waals surface area contributed by atoms with E-state index >= 15 is 0 Å². The number of rotatable bonds is 15. The van der Waals surface area contributed by atoms with Crippen molar-refractivity contribution in [3.8, 4) is 11.5 Å². The molecule has 1 saturated heterocycles. The first-order valence-corrected chi connectivity index (χ1v) is 25.7. The third-order valence-corrected chi connectivity index (χ3v) is 16.0. The molecule has 2 aromatic heterocycles. The number of fused-ring (bicyclic) bond motifs is 1. The van der Waals surface area contributed by atoms with Gasteiger partial charge in [-0.15, -0.1) is 0 Å². The Bertz CT molecular complexity index is 2790. The molecule has 4 aliphatic carbocycles. The Morgan fingerprint density at radius 2 is 1.64 bits per heavy atom. The van der Waals surface area contributed by atoms with E-state index in [4.69, 9.17) is 16.3 Å². The number of piperazine rings is 1. The van der Waals surface area contributed by atoms with Gasteiger partial charge in [0.25, 0.3) is 21.6 Å². The lowest BCUT2D eigenvalue weighted by Crippen LogP contribution is -2.47. The summed E-state index contributed by atoms with van der Waals surface area (Å²) in [4.78, 5) is 40.7. The van der Waals surface area contributed by atoms with Crippen molar-refractivity contribution in [2.24, 2.45) is 5.41 Å². The van der Waals surface area contributed by atoms with E-state index in [2.05, 4.69) is 60.7 Å². The van der Waals surface area contributed by atoms with Crippen molar-refractivity contribution < 1.29 is 22.9 Å². The summed E-state index contributed by atoms with van der Waals surface area (Å²) in [6.45, 7) is 8.29. The van der Waals surface area contributed by atoms with E-state index in [0.29, 0.717) is 36.2 Å². The van der Waals surface area contributed by atoms with Crippen LogP contribution in [0.4, 0.5) is 17.1 Å². The molecule has 352 valence electrons. The van der Waals surface area contributed by atoms with Gasteiger partial charge >= 0.3 is 0 Å². The molecule has 3 N–H and O–H groups in total. The summed E-state index contributed by atoms with van der Waals surface area (Å²) in [7, 11) is -4.58. The zero-order valence-corrected chi connectivity index (χ0v) is 39.8. The van der Waals surface area contributed by atoms with Crippen LogP contribution in [0.5, 0.6) is 11.5 Å². The summed E-state index contributed by atoms with van der Waals surface area (Å²) in [5.74, 6) is -0.381. The molecule has 0 atom stereocenters. The number of para-hydroxylation sites is 1. The number of nitrogens with one attached hydrogen (secondary N) is 3. The van der Waals surface area contributed by atoms with Gasteiger partial charge in [0, 0.05) is 79.6 Å². The van der Waals surface area contributed by atoms with Gasteiger partial charge in [0.05, 0.1) is 27.3 Å². The van der Waals surface area contributed by atoms with Crippen molar-refractivity contribution in [3.63, 3.8) is 0 Å². The van der Waals surface area contributed by atoms with Gasteiger partial charge in [-0.05, 0) is 136 Å². The number of aromatic nitrogens is 2. The van der Waals surface area contributed by atoms with Gasteiger partial charge in [-0.2, -0.15) is 0 Å². The third-order valence-electron chi connectivity index (χ3n) is 14.5. The quantitative estimate of drug-likeness (QED) is 0.0675. The number of benzene rings is 3. The summed E-state index contributed by atoms with van der Waals surface area (Å²) < 4.78 is 36.7. The molecule has 14 nitrogen and oxygen atoms in total. The molecule has 5 aromatic rings. The number of hydrogen-bond donors (Lipinski definition) is 3. The van der Waals surface area contributed by atoms with Crippen molar-refractivity contribution in [2.75, 3.05) is 42.9 Å². The van der Waals surface area contributed by atoms with Crippen LogP contribution < -0.4 is 19.7 Å². The first-order chi connectivity index (χ1) is 32.3. The molecular formula is C51H59ClN8O6S. The van der Waals surface area contributed by atoms with Crippen LogP contribution in [-0.2, 0) is 10.0 Å². The van der Waals surface area contributed by atoms with E-state index in [1.807, 2.05) is 24.3 Å². The minimum Gasteiger partial charge on any atom is -0.453 e. The summed E-state index contributed by atoms with van der Waals surface area (Å²) >= 11 is 6.27. The molecule has 16 heteroatoms. The van der Waals surface area contributed by atoms with Gasteiger partial charge in [0.15, 0.2) is 5.75 Å². The number of nitro benzene ring substituents is 1. The number of pyridine rings is 1. The molecule has 3 heterocycles. The number of carbonyl (C=O) groups excluding carboxylic acids is 1. The SMILES string of the molecule is CC1(C)CCC(CN2CCN(c3cccc(C(=O)NS(=O)(=O)c4ccc(N[C@H]5CC[C@H](N(C6CC6)C6CC6)CC5)c([N+](=O)[O-])c4)c3Oc3cnc4[nH]ccc4c3)CC2)=C(c2ccc(Cl)cc2)C1. The minimum absolute atomic E-state index is 0.00872. The molecule has 67 heavy (non-hydrogen) atoms. The zero-order valence-electron chi connectivity index (χ0n) is 38.2. The van der Waals surface area contributed by atoms with E-state index in [1.165, 1.54) is 60.6 Å². The fraction of sp³-hybridized carbons (Fsp3) is 0.451. The number of nitro groups is 1. The number of hydrogen-bond acceptors (Lipinski definition) is 11. The lowest BCUT2D eigenvalue weighted by Gasteiger charge is -2.39. The van der Waals surface area contributed by atoms with Gasteiger partial charge in [0.1, 0.15) is 17.1 Å². The Morgan fingerprint density at radius 3 is 2.33 bits per heavy atom. The van der Waals surface area contributed by atoms with Gasteiger partial charge in [-0.3, -0.25) is 24.7 Å². The number of sulfonamides is 1. The second-order valence-corrected chi connectivity index (χ2v) is 22.1. The summed E-state index contributed by atoms with van der Waals surface area (Å²) in [6, 6.07) is 22.8. The monoisotopic (exact) mass is 946 g/mol. The lowest BCUT2D eigenvalue weighted by atomic mass is 9.72. The van der Waals surface area contributed by atoms with Crippen LogP contribution in [0.15, 0.2) is 95.7 Å². The number of carbonyl (C=O) groups is 1. The highest BCUT2D eigenvalue weighted by atomic mass is 35.5. The van der Waals surface area contributed by atoms with Crippen LogP contribution in [0.25, 0.3) is 16.6 Å². The first kappa shape index (κ1) is 45.3. The van der Waals surface area contributed by atoms with Crippen molar-refractivity contribution >= 4 is 61.2 Å². The van der Waals surface area contributed by atoms with E-state index in [0.717, 1.165) is 93.1 Å². The molecule has 0 unspecified atom stereocenters. The molecule has 5 aliphatic rings. The van der Waals surface area contributed by atoms with Crippen LogP contribution >= 0.6 is 11.6 Å². The highest BCUT2D eigenvalue weighted by molar-refractivity contribution is 7.90. The number of halogens is 1. The average molecular weight is 948 g/mol. The lowest BCUT2D eigenvalue weighted by molar-refractivity contribution is -0.384. The van der Waals surface area contributed by atoms with E-state index in [-0.39, 0.29) is 39.0 Å². The summed E-state index contributed by atoms with van der Waals surface area (Å²) in [5, 5.41) is 17.3. The maximum absolute atomic E-state index is 14.3. The molecular weight excluding hydrogens is 888 g/mol. The van der Waals surface area contributed by atoms with E-state index < -0.39 is 20.9 Å². The number of aromatic amines is 1. The van der Waals surface area contributed by atoms with Crippen molar-refractivity contribution in [1.29, 1.82) is 0 Å². The number of amides is 1. The van der Waals surface area contributed by atoms with Crippen LogP contribution in [0.1, 0.15) is 100 Å². The van der Waals surface area contributed by atoms with Crippen molar-refractivity contribution in [3.05, 3.63) is 117 Å². The standard InChI is InChI=1S/C51H59ClN8O6S/c1-51(2)22-20-35(44(30-51)33-6-8-36(52)9-7-33)32-57-24-26-58(27-25-57)46-5-3-4-43(48(46)66-41-28-34-21-23-53-49(34)54-31-41)50(61)56-67(64,65)42-18-19-45(47(29-42)60(62)63)55-37-10-12-38(13-11-37)59(39-14-15-39)40-16-17-40/h3-9,18-19,21,23,28-29,31,37-40,55H,10-17,20,22,24-27,30,32H2,1-2H3,(H,53,54)(H,56,61)/t37-,38-. The normalized spacial score (nSPS) is 21.4. The maximum atomic E-state index is 14.3. The Kier molecular flexibility index (Phi) is 12.5. The van der Waals surface area contributed by atoms with Crippen molar-refractivity contribution in [2.45, 2.75) is 114 Å². The number of ether oxygens (including phenoxy) is 1. The Labute approximate surface area is 397 Å². The number of H-pyrrole nitrogens is 1. The Hall–Kier alpha value is -5.48. The molecule has 0 spiro atoms. The second kappa shape index (κ2) is 18.5. The minimum atomic E-state index is -4.58. The molecule has 1 amide bonds. The van der Waals surface area contributed by atoms with Gasteiger partial charge < -0.3 is 19.9 Å². The summed E-state index contributed by atoms with van der Waals surface area (Å²) in [6.07, 6.45) is 15.4. The van der Waals surface area contributed by atoms with Crippen LogP contribution in [-0.4, -0.2) is 95.9 Å². The Morgan fingerprint density at radius 1 is 0.940 bits per heavy atom. The second-order valence-electron chi connectivity index (χ2n) is 20.0. The molecule has 10 rings (SSSR count). The molecule has 0 radical (unpaired) electrons. The van der Waals surface area contributed by atoms with Crippen LogP contribution in [0.2, 0.25) is 5.02 Å². The molecule has 4 fully saturated rings. The average Bonchev–Trinajstić information content (AvgIpc) is 4.27. The van der Waals surface area contributed by atoms with E-state index in [9.17, 15) is 23.3 Å². The number of allylic oxidation sites excluding steroid dienone is 1. The highest BCUT2D eigenvalue weighted by Crippen LogP contribution is 2.45. The van der Waals surface area contributed by atoms with E-state index in [1.54, 1.807) is 24.5 Å². The third kappa shape index (κ3) is 10.2. The predicted molar refractivity (Wildman–Crippen MR) is 263 cm³/mol. The molecule has 1 aliphatic heterocycles. The largest absolute Gasteiger partial charge is 0.453 e. The zero-order chi connectivity index (χ0) is 46.5. The maximum Gasteiger partial charge on any atom is 0.293 e. The fourth-order valence-electron chi connectivity index (χ4n) is 10.6. The number of nitrogens with zero attached hydrogens (tertiary/aromatic N) is 5. The van der Waals surface area contributed by atoms with Crippen LogP contribution in [0, 0.1) is 15.5 Å². The highest BCUT2D eigenvalue weighted by Gasteiger charge is 2.44. The molecule has 3 saturated carbocycles. The van der Waals surface area contributed by atoms with Crippen molar-refractivity contribution in [1.82, 2.24) is 24.5 Å². The van der Waals surface area contributed by atoms with Gasteiger partial charge in [0.2, 0.25) is 0 Å². The summed E-state index contributed by atoms with van der Waals surface area (Å²) in [5.41, 5.74) is 5.46. The molecule has 0 bridgehead atoms. The predicted octanol–water partition coefficient (Wildman–Crippen LogP) is 10.2. The number of anilines is 2. The first-order valence-electron chi connectivity index (χ1n) is 23.8. The van der Waals surface area contributed by atoms with Gasteiger partial charge in [-0.25, -0.2) is 18.1 Å². The van der Waals surface area contributed by atoms with Crippen LogP contribution in [0.3, 0.4) is 0 Å². The fourth-order valence-corrected chi connectivity index (χ4v) is 11.7. The smallest absolute Gasteiger partial charge is 0.293 e. The topological polar surface area (TPSA) is 166 Å².